The monoisotopic (exact) mass is 369 g/mol. The molecular weight excluding hydrogens is 350 g/mol. The van der Waals surface area contributed by atoms with Crippen LogP contribution in [0.25, 0.3) is 5.69 Å². The van der Waals surface area contributed by atoms with Crippen molar-refractivity contribution in [2.24, 2.45) is 0 Å². The van der Waals surface area contributed by atoms with Gasteiger partial charge in [0.1, 0.15) is 5.75 Å². The summed E-state index contributed by atoms with van der Waals surface area (Å²) in [4.78, 5) is 19.1. The molecule has 5 heteroatoms. The van der Waals surface area contributed by atoms with E-state index >= 15 is 0 Å². The third kappa shape index (κ3) is 3.64. The first kappa shape index (κ1) is 17.5. The minimum Gasteiger partial charge on any atom is -0.506 e. The molecule has 0 saturated carbocycles. The summed E-state index contributed by atoms with van der Waals surface area (Å²) in [6.07, 6.45) is 5.59. The Hall–Kier alpha value is -3.86. The zero-order valence-electron chi connectivity index (χ0n) is 15.1. The fourth-order valence-corrected chi connectivity index (χ4v) is 3.05. The normalized spacial score (nSPS) is 10.6. The molecule has 28 heavy (non-hydrogen) atoms. The molecular formula is C23H19N3O2. The summed E-state index contributed by atoms with van der Waals surface area (Å²) in [5.41, 5.74) is 2.70. The largest absolute Gasteiger partial charge is 0.506 e. The number of nitrogens with zero attached hydrogens (tertiary/aromatic N) is 3. The van der Waals surface area contributed by atoms with Crippen molar-refractivity contribution in [3.05, 3.63) is 109 Å². The second kappa shape index (κ2) is 7.80. The van der Waals surface area contributed by atoms with Crippen LogP contribution in [0.2, 0.25) is 0 Å². The SMILES string of the molecule is O=C(c1ccc(-n2cccc2)cc1)N(Cc1ccccn1)c1ccccc1O. The number of pyridine rings is 1. The van der Waals surface area contributed by atoms with Gasteiger partial charge in [0.25, 0.3) is 5.91 Å². The first-order chi connectivity index (χ1) is 13.7. The highest BCUT2D eigenvalue weighted by molar-refractivity contribution is 6.06. The van der Waals surface area contributed by atoms with Crippen LogP contribution < -0.4 is 4.90 Å². The van der Waals surface area contributed by atoms with E-state index in [-0.39, 0.29) is 18.2 Å². The van der Waals surface area contributed by atoms with Crippen molar-refractivity contribution in [1.29, 1.82) is 0 Å². The number of anilines is 1. The van der Waals surface area contributed by atoms with Gasteiger partial charge in [-0.1, -0.05) is 18.2 Å². The number of aromatic hydroxyl groups is 1. The standard InChI is InChI=1S/C23H19N3O2/c27-22-9-2-1-8-21(22)26(17-19-7-3-4-14-24-19)23(28)18-10-12-20(13-11-18)25-15-5-6-16-25/h1-16,27H,17H2. The lowest BCUT2D eigenvalue weighted by atomic mass is 10.1. The van der Waals surface area contributed by atoms with Crippen LogP contribution >= 0.6 is 0 Å². The molecule has 0 saturated heterocycles. The molecule has 0 radical (unpaired) electrons. The summed E-state index contributed by atoms with van der Waals surface area (Å²) in [6.45, 7) is 0.261. The third-order valence-corrected chi connectivity index (χ3v) is 4.48. The fraction of sp³-hybridized carbons (Fsp3) is 0.0435. The molecule has 1 N–H and O–H groups in total. The predicted octanol–water partition coefficient (Wildman–Crippen LogP) is 4.42. The molecule has 2 aromatic heterocycles. The molecule has 0 spiro atoms. The van der Waals surface area contributed by atoms with Crippen molar-refractivity contribution in [3.63, 3.8) is 0 Å². The smallest absolute Gasteiger partial charge is 0.258 e. The van der Waals surface area contributed by atoms with E-state index < -0.39 is 0 Å². The molecule has 4 rings (SSSR count). The first-order valence-corrected chi connectivity index (χ1v) is 8.95. The van der Waals surface area contributed by atoms with E-state index in [0.717, 1.165) is 11.4 Å². The maximum Gasteiger partial charge on any atom is 0.258 e. The maximum atomic E-state index is 13.3. The molecule has 5 nitrogen and oxygen atoms in total. The second-order valence-corrected chi connectivity index (χ2v) is 6.34. The van der Waals surface area contributed by atoms with Gasteiger partial charge < -0.3 is 9.67 Å². The molecule has 1 amide bonds. The van der Waals surface area contributed by atoms with Gasteiger partial charge in [-0.05, 0) is 60.7 Å². The van der Waals surface area contributed by atoms with Crippen molar-refractivity contribution in [1.82, 2.24) is 9.55 Å². The molecule has 0 aliphatic heterocycles. The highest BCUT2D eigenvalue weighted by Crippen LogP contribution is 2.29. The topological polar surface area (TPSA) is 58.4 Å². The zero-order valence-corrected chi connectivity index (χ0v) is 15.1. The lowest BCUT2D eigenvalue weighted by molar-refractivity contribution is 0.0984. The number of benzene rings is 2. The average Bonchev–Trinajstić information content (AvgIpc) is 3.28. The highest BCUT2D eigenvalue weighted by Gasteiger charge is 2.21. The molecule has 4 aromatic rings. The molecule has 0 aliphatic carbocycles. The van der Waals surface area contributed by atoms with Crippen LogP contribution in [0.15, 0.2) is 97.5 Å². The molecule has 2 aromatic carbocycles. The number of phenols is 1. The number of rotatable bonds is 5. The van der Waals surface area contributed by atoms with Crippen LogP contribution in [-0.2, 0) is 6.54 Å². The number of para-hydroxylation sites is 2. The Labute approximate surface area is 163 Å². The van der Waals surface area contributed by atoms with Gasteiger partial charge in [0.15, 0.2) is 0 Å². The number of phenolic OH excluding ortho intramolecular Hbond substituents is 1. The van der Waals surface area contributed by atoms with Gasteiger partial charge in [-0.15, -0.1) is 0 Å². The summed E-state index contributed by atoms with van der Waals surface area (Å²) in [5.74, 6) is -0.151. The molecule has 0 aliphatic rings. The quantitative estimate of drug-likeness (QED) is 0.566. The van der Waals surface area contributed by atoms with E-state index in [0.29, 0.717) is 11.3 Å². The van der Waals surface area contributed by atoms with Crippen molar-refractivity contribution in [2.75, 3.05) is 4.90 Å². The van der Waals surface area contributed by atoms with Crippen LogP contribution in [-0.4, -0.2) is 20.6 Å². The number of aromatic nitrogens is 2. The van der Waals surface area contributed by atoms with Gasteiger partial charge in [0.05, 0.1) is 17.9 Å². The summed E-state index contributed by atoms with van der Waals surface area (Å²) in [7, 11) is 0. The fourth-order valence-electron chi connectivity index (χ4n) is 3.05. The van der Waals surface area contributed by atoms with E-state index in [4.69, 9.17) is 0 Å². The van der Waals surface area contributed by atoms with Crippen molar-refractivity contribution in [2.45, 2.75) is 6.54 Å². The van der Waals surface area contributed by atoms with Crippen LogP contribution in [0.3, 0.4) is 0 Å². The predicted molar refractivity (Wildman–Crippen MR) is 109 cm³/mol. The lowest BCUT2D eigenvalue weighted by Crippen LogP contribution is -2.30. The van der Waals surface area contributed by atoms with E-state index in [2.05, 4.69) is 4.98 Å². The third-order valence-electron chi connectivity index (χ3n) is 4.48. The molecule has 0 bridgehead atoms. The number of hydrogen-bond acceptors (Lipinski definition) is 3. The van der Waals surface area contributed by atoms with Gasteiger partial charge in [-0.2, -0.15) is 0 Å². The van der Waals surface area contributed by atoms with Gasteiger partial charge in [0, 0.05) is 29.8 Å². The van der Waals surface area contributed by atoms with E-state index in [9.17, 15) is 9.90 Å². The summed E-state index contributed by atoms with van der Waals surface area (Å²) in [6, 6.07) is 23.7. The number of carbonyl (C=O) groups excluding carboxylic acids is 1. The van der Waals surface area contributed by atoms with Crippen molar-refractivity contribution in [3.8, 4) is 11.4 Å². The summed E-state index contributed by atoms with van der Waals surface area (Å²) < 4.78 is 1.98. The number of amides is 1. The van der Waals surface area contributed by atoms with Crippen molar-refractivity contribution >= 4 is 11.6 Å². The second-order valence-electron chi connectivity index (χ2n) is 6.34. The van der Waals surface area contributed by atoms with Crippen LogP contribution in [0.1, 0.15) is 16.1 Å². The Balaban J connectivity index is 1.67. The average molecular weight is 369 g/mol. The Bertz CT molecular complexity index is 1060. The Kier molecular flexibility index (Phi) is 4.89. The number of hydrogen-bond donors (Lipinski definition) is 1. The molecule has 0 atom stereocenters. The Morgan fingerprint density at radius 2 is 1.61 bits per heavy atom. The zero-order chi connectivity index (χ0) is 19.3. The van der Waals surface area contributed by atoms with Crippen molar-refractivity contribution < 1.29 is 9.90 Å². The van der Waals surface area contributed by atoms with Crippen LogP contribution in [0, 0.1) is 0 Å². The molecule has 0 unspecified atom stereocenters. The van der Waals surface area contributed by atoms with E-state index in [1.165, 1.54) is 0 Å². The summed E-state index contributed by atoms with van der Waals surface area (Å²) in [5, 5.41) is 10.3. The van der Waals surface area contributed by atoms with E-state index in [1.54, 1.807) is 47.5 Å². The van der Waals surface area contributed by atoms with Crippen LogP contribution in [0.5, 0.6) is 5.75 Å². The minimum atomic E-state index is -0.203. The minimum absolute atomic E-state index is 0.0516. The number of carbonyl (C=O) groups is 1. The van der Waals surface area contributed by atoms with Gasteiger partial charge >= 0.3 is 0 Å². The molecule has 2 heterocycles. The van der Waals surface area contributed by atoms with E-state index in [1.807, 2.05) is 59.4 Å². The Morgan fingerprint density at radius 3 is 2.29 bits per heavy atom. The van der Waals surface area contributed by atoms with Gasteiger partial charge in [0.2, 0.25) is 0 Å². The molecule has 0 fully saturated rings. The first-order valence-electron chi connectivity index (χ1n) is 8.95. The maximum absolute atomic E-state index is 13.3. The summed E-state index contributed by atoms with van der Waals surface area (Å²) >= 11 is 0. The Morgan fingerprint density at radius 1 is 0.893 bits per heavy atom. The van der Waals surface area contributed by atoms with Gasteiger partial charge in [-0.25, -0.2) is 0 Å². The van der Waals surface area contributed by atoms with Crippen LogP contribution in [0.4, 0.5) is 5.69 Å². The van der Waals surface area contributed by atoms with Gasteiger partial charge in [-0.3, -0.25) is 14.7 Å². The lowest BCUT2D eigenvalue weighted by Gasteiger charge is -2.23. The highest BCUT2D eigenvalue weighted by atomic mass is 16.3. The molecule has 138 valence electrons.